The van der Waals surface area contributed by atoms with Crippen LogP contribution in [0.4, 0.5) is 5.82 Å². The molecule has 1 aliphatic rings. The van der Waals surface area contributed by atoms with Gasteiger partial charge in [0.25, 0.3) is 0 Å². The van der Waals surface area contributed by atoms with Crippen LogP contribution in [0.15, 0.2) is 22.7 Å². The Hall–Kier alpha value is -2.50. The van der Waals surface area contributed by atoms with Crippen LogP contribution >= 0.6 is 34.4 Å². The number of nitrogens with zero attached hydrogens (tertiary/aromatic N) is 5. The molecule has 0 fully saturated rings. The highest BCUT2D eigenvalue weighted by Gasteiger charge is 2.21. The number of thioether (sulfide) groups is 1. The highest BCUT2D eigenvalue weighted by atomic mass is 32.2. The first-order valence-electron chi connectivity index (χ1n) is 10.0. The Kier molecular flexibility index (Phi) is 5.63. The average Bonchev–Trinajstić information content (AvgIpc) is 3.48. The van der Waals surface area contributed by atoms with Gasteiger partial charge < -0.3 is 16.0 Å². The zero-order chi connectivity index (χ0) is 21.4. The van der Waals surface area contributed by atoms with Crippen LogP contribution in [-0.2, 0) is 29.9 Å². The SMILES string of the molecule is NC(=O)CCn1c(SCc2nc(N)c3c4c(sc3n2)CCCC4)nnc1-c1cccs1. The smallest absolute Gasteiger partial charge is 0.219 e. The number of nitrogen functional groups attached to an aromatic ring is 1. The lowest BCUT2D eigenvalue weighted by molar-refractivity contribution is -0.118. The van der Waals surface area contributed by atoms with Crippen LogP contribution in [0, 0.1) is 0 Å². The molecule has 1 amide bonds. The summed E-state index contributed by atoms with van der Waals surface area (Å²) < 4.78 is 1.94. The number of primary amides is 1. The molecule has 4 heterocycles. The number of aromatic nitrogens is 5. The minimum Gasteiger partial charge on any atom is -0.383 e. The van der Waals surface area contributed by atoms with E-state index in [0.29, 0.717) is 29.1 Å². The molecule has 0 bridgehead atoms. The Morgan fingerprint density at radius 2 is 2.10 bits per heavy atom. The maximum Gasteiger partial charge on any atom is 0.219 e. The summed E-state index contributed by atoms with van der Waals surface area (Å²) in [5, 5.41) is 12.4. The molecule has 0 aliphatic heterocycles. The molecule has 31 heavy (non-hydrogen) atoms. The molecule has 160 valence electrons. The van der Waals surface area contributed by atoms with Gasteiger partial charge in [0, 0.05) is 17.8 Å². The Morgan fingerprint density at radius 1 is 1.23 bits per heavy atom. The standard InChI is InChI=1S/C20H21N7OS3/c21-14(28)7-8-27-18(13-6-3-9-29-13)25-26-20(27)30-10-15-23-17(22)16-11-4-1-2-5-12(11)31-19(16)24-15/h3,6,9H,1-2,4-5,7-8,10H2,(H2,21,28)(H2,22,23,24). The Bertz CT molecular complexity index is 1250. The number of anilines is 1. The minimum atomic E-state index is -0.356. The number of rotatable bonds is 7. The molecule has 1 aliphatic carbocycles. The second-order valence-corrected chi connectivity index (χ2v) is 10.3. The van der Waals surface area contributed by atoms with Gasteiger partial charge in [-0.3, -0.25) is 4.79 Å². The second kappa shape index (κ2) is 8.56. The van der Waals surface area contributed by atoms with Gasteiger partial charge in [-0.1, -0.05) is 17.8 Å². The molecule has 4 aromatic rings. The van der Waals surface area contributed by atoms with Crippen LogP contribution in [0.3, 0.4) is 0 Å². The number of hydrogen-bond acceptors (Lipinski definition) is 9. The maximum atomic E-state index is 11.4. The van der Waals surface area contributed by atoms with E-state index in [4.69, 9.17) is 16.5 Å². The van der Waals surface area contributed by atoms with E-state index in [2.05, 4.69) is 15.2 Å². The largest absolute Gasteiger partial charge is 0.383 e. The fourth-order valence-electron chi connectivity index (χ4n) is 3.83. The number of thiophene rings is 2. The number of nitrogens with two attached hydrogens (primary N) is 2. The third-order valence-electron chi connectivity index (χ3n) is 5.26. The van der Waals surface area contributed by atoms with Crippen LogP contribution in [-0.4, -0.2) is 30.6 Å². The molecule has 0 aromatic carbocycles. The molecule has 0 spiro atoms. The summed E-state index contributed by atoms with van der Waals surface area (Å²) in [7, 11) is 0. The molecule has 0 unspecified atom stereocenters. The van der Waals surface area contributed by atoms with Crippen molar-refractivity contribution in [2.75, 3.05) is 5.73 Å². The van der Waals surface area contributed by atoms with E-state index in [1.165, 1.54) is 35.0 Å². The van der Waals surface area contributed by atoms with Gasteiger partial charge in [-0.25, -0.2) is 9.97 Å². The zero-order valence-electron chi connectivity index (χ0n) is 16.7. The van der Waals surface area contributed by atoms with Gasteiger partial charge in [0.1, 0.15) is 16.5 Å². The maximum absolute atomic E-state index is 11.4. The Labute approximate surface area is 191 Å². The summed E-state index contributed by atoms with van der Waals surface area (Å²) in [5.74, 6) is 2.14. The van der Waals surface area contributed by atoms with Crippen molar-refractivity contribution in [2.24, 2.45) is 5.73 Å². The van der Waals surface area contributed by atoms with Gasteiger partial charge in [-0.2, -0.15) is 0 Å². The monoisotopic (exact) mass is 471 g/mol. The lowest BCUT2D eigenvalue weighted by Gasteiger charge is -2.11. The van der Waals surface area contributed by atoms with Gasteiger partial charge >= 0.3 is 0 Å². The van der Waals surface area contributed by atoms with Crippen molar-refractivity contribution in [3.05, 3.63) is 33.8 Å². The summed E-state index contributed by atoms with van der Waals surface area (Å²) in [6.07, 6.45) is 4.81. The highest BCUT2D eigenvalue weighted by Crippen LogP contribution is 2.38. The lowest BCUT2D eigenvalue weighted by Crippen LogP contribution is -2.15. The number of hydrogen-bond donors (Lipinski definition) is 2. The topological polar surface area (TPSA) is 126 Å². The number of fused-ring (bicyclic) bond motifs is 3. The molecular weight excluding hydrogens is 450 g/mol. The number of amides is 1. The summed E-state index contributed by atoms with van der Waals surface area (Å²) in [6.45, 7) is 0.428. The van der Waals surface area contributed by atoms with E-state index in [1.807, 2.05) is 22.1 Å². The molecule has 0 atom stereocenters. The fraction of sp³-hybridized carbons (Fsp3) is 0.350. The first-order valence-corrected chi connectivity index (χ1v) is 12.7. The van der Waals surface area contributed by atoms with E-state index in [1.54, 1.807) is 22.7 Å². The third-order valence-corrected chi connectivity index (χ3v) is 8.27. The van der Waals surface area contributed by atoms with Crippen LogP contribution in [0.25, 0.3) is 20.9 Å². The summed E-state index contributed by atoms with van der Waals surface area (Å²) >= 11 is 4.81. The van der Waals surface area contributed by atoms with E-state index in [9.17, 15) is 4.79 Å². The predicted octanol–water partition coefficient (Wildman–Crippen LogP) is 3.64. The van der Waals surface area contributed by atoms with Crippen LogP contribution in [0.5, 0.6) is 0 Å². The van der Waals surface area contributed by atoms with Crippen LogP contribution in [0.1, 0.15) is 35.5 Å². The van der Waals surface area contributed by atoms with Crippen molar-refractivity contribution in [2.45, 2.75) is 49.6 Å². The number of carbonyl (C=O) groups excluding carboxylic acids is 1. The molecular formula is C20H21N7OS3. The van der Waals surface area contributed by atoms with Gasteiger partial charge in [0.2, 0.25) is 5.91 Å². The Morgan fingerprint density at radius 3 is 2.90 bits per heavy atom. The number of aryl methyl sites for hydroxylation is 2. The summed E-state index contributed by atoms with van der Waals surface area (Å²) in [6, 6.07) is 3.95. The van der Waals surface area contributed by atoms with Crippen LogP contribution in [0.2, 0.25) is 0 Å². The van der Waals surface area contributed by atoms with E-state index in [0.717, 1.165) is 33.8 Å². The second-order valence-electron chi connectivity index (χ2n) is 7.36. The van der Waals surface area contributed by atoms with Crippen LogP contribution < -0.4 is 11.5 Å². The van der Waals surface area contributed by atoms with Crippen molar-refractivity contribution >= 4 is 56.4 Å². The molecule has 5 rings (SSSR count). The lowest BCUT2D eigenvalue weighted by atomic mass is 9.97. The molecule has 0 saturated heterocycles. The van der Waals surface area contributed by atoms with E-state index >= 15 is 0 Å². The molecule has 4 aromatic heterocycles. The van der Waals surface area contributed by atoms with Crippen molar-refractivity contribution in [1.29, 1.82) is 0 Å². The van der Waals surface area contributed by atoms with Gasteiger partial charge in [0.05, 0.1) is 16.0 Å². The van der Waals surface area contributed by atoms with Crippen molar-refractivity contribution in [3.8, 4) is 10.7 Å². The average molecular weight is 472 g/mol. The summed E-state index contributed by atoms with van der Waals surface area (Å²) in [4.78, 5) is 24.1. The molecule has 0 saturated carbocycles. The zero-order valence-corrected chi connectivity index (χ0v) is 19.2. The highest BCUT2D eigenvalue weighted by molar-refractivity contribution is 7.98. The molecule has 11 heteroatoms. The minimum absolute atomic E-state index is 0.222. The third kappa shape index (κ3) is 4.04. The molecule has 8 nitrogen and oxygen atoms in total. The normalized spacial score (nSPS) is 13.5. The molecule has 4 N–H and O–H groups in total. The Balaban J connectivity index is 1.41. The van der Waals surface area contributed by atoms with Crippen molar-refractivity contribution < 1.29 is 4.79 Å². The first kappa shape index (κ1) is 20.4. The van der Waals surface area contributed by atoms with Crippen molar-refractivity contribution in [3.63, 3.8) is 0 Å². The van der Waals surface area contributed by atoms with Gasteiger partial charge in [0.15, 0.2) is 11.0 Å². The first-order chi connectivity index (χ1) is 15.1. The quantitative estimate of drug-likeness (QED) is 0.394. The summed E-state index contributed by atoms with van der Waals surface area (Å²) in [5.41, 5.74) is 13.1. The predicted molar refractivity (Wildman–Crippen MR) is 125 cm³/mol. The van der Waals surface area contributed by atoms with Gasteiger partial charge in [-0.15, -0.1) is 32.9 Å². The van der Waals surface area contributed by atoms with Gasteiger partial charge in [-0.05, 0) is 42.7 Å². The number of carbonyl (C=O) groups is 1. The van der Waals surface area contributed by atoms with E-state index < -0.39 is 0 Å². The van der Waals surface area contributed by atoms with Crippen molar-refractivity contribution in [1.82, 2.24) is 24.7 Å². The fourth-order valence-corrected chi connectivity index (χ4v) is 6.66. The molecule has 0 radical (unpaired) electrons. The van der Waals surface area contributed by atoms with E-state index in [-0.39, 0.29) is 12.3 Å².